The zero-order valence-electron chi connectivity index (χ0n) is 12.4. The van der Waals surface area contributed by atoms with Gasteiger partial charge in [-0.2, -0.15) is 0 Å². The molecule has 6 heteroatoms. The van der Waals surface area contributed by atoms with E-state index in [-0.39, 0.29) is 5.78 Å². The fourth-order valence-corrected chi connectivity index (χ4v) is 2.66. The van der Waals surface area contributed by atoms with E-state index in [2.05, 4.69) is 10.2 Å². The van der Waals surface area contributed by atoms with Gasteiger partial charge in [0, 0.05) is 50.8 Å². The average molecular weight is 313 g/mol. The monoisotopic (exact) mass is 312 g/mol. The van der Waals surface area contributed by atoms with Crippen LogP contribution in [-0.4, -0.2) is 57.6 Å². The molecule has 0 aliphatic carbocycles. The van der Waals surface area contributed by atoms with Gasteiger partial charge in [0.25, 0.3) is 0 Å². The highest BCUT2D eigenvalue weighted by Gasteiger charge is 2.17. The van der Waals surface area contributed by atoms with Crippen molar-refractivity contribution in [2.24, 2.45) is 0 Å². The van der Waals surface area contributed by atoms with Gasteiger partial charge in [0.2, 0.25) is 0 Å². The standard InChI is InChI=1S/C15H21ClN2O3/c1-20-14-9-11(12(16)10-15(14)21-2)13(19)3-6-18-7-4-17-5-8-18/h9-10,17H,3-8H2,1-2H3. The molecule has 0 spiro atoms. The summed E-state index contributed by atoms with van der Waals surface area (Å²) in [7, 11) is 3.08. The van der Waals surface area contributed by atoms with E-state index in [9.17, 15) is 4.79 Å². The number of rotatable bonds is 6. The minimum atomic E-state index is 0.0273. The number of piperazine rings is 1. The minimum absolute atomic E-state index is 0.0273. The number of ether oxygens (including phenoxy) is 2. The molecule has 1 saturated heterocycles. The molecule has 1 aliphatic heterocycles. The van der Waals surface area contributed by atoms with Crippen molar-refractivity contribution in [1.82, 2.24) is 10.2 Å². The predicted molar refractivity (Wildman–Crippen MR) is 82.8 cm³/mol. The third-order valence-electron chi connectivity index (χ3n) is 3.64. The first-order valence-electron chi connectivity index (χ1n) is 7.03. The quantitative estimate of drug-likeness (QED) is 0.812. The largest absolute Gasteiger partial charge is 0.493 e. The van der Waals surface area contributed by atoms with Crippen molar-refractivity contribution in [3.05, 3.63) is 22.7 Å². The molecule has 0 aromatic heterocycles. The molecule has 1 N–H and O–H groups in total. The van der Waals surface area contributed by atoms with Crippen molar-refractivity contribution < 1.29 is 14.3 Å². The smallest absolute Gasteiger partial charge is 0.165 e. The van der Waals surface area contributed by atoms with Gasteiger partial charge < -0.3 is 19.7 Å². The van der Waals surface area contributed by atoms with Gasteiger partial charge in [-0.3, -0.25) is 4.79 Å². The zero-order chi connectivity index (χ0) is 15.2. The molecule has 1 aromatic carbocycles. The van der Waals surface area contributed by atoms with Crippen molar-refractivity contribution in [1.29, 1.82) is 0 Å². The molecule has 116 valence electrons. The van der Waals surface area contributed by atoms with Crippen molar-refractivity contribution >= 4 is 17.4 Å². The van der Waals surface area contributed by atoms with Crippen molar-refractivity contribution in [3.63, 3.8) is 0 Å². The third-order valence-corrected chi connectivity index (χ3v) is 3.95. The summed E-state index contributed by atoms with van der Waals surface area (Å²) in [5, 5.41) is 3.69. The Morgan fingerprint density at radius 1 is 1.24 bits per heavy atom. The SMILES string of the molecule is COc1cc(Cl)c(C(=O)CCN2CCNCC2)cc1OC. The maximum Gasteiger partial charge on any atom is 0.165 e. The summed E-state index contributed by atoms with van der Waals surface area (Å²) >= 11 is 6.17. The Labute approximate surface area is 130 Å². The molecule has 0 unspecified atom stereocenters. The second-order valence-corrected chi connectivity index (χ2v) is 5.36. The number of nitrogens with one attached hydrogen (secondary N) is 1. The van der Waals surface area contributed by atoms with E-state index >= 15 is 0 Å². The molecule has 5 nitrogen and oxygen atoms in total. The summed E-state index contributed by atoms with van der Waals surface area (Å²) in [5.74, 6) is 1.08. The lowest BCUT2D eigenvalue weighted by Crippen LogP contribution is -2.44. The number of benzene rings is 1. The molecule has 21 heavy (non-hydrogen) atoms. The summed E-state index contributed by atoms with van der Waals surface area (Å²) in [4.78, 5) is 14.6. The minimum Gasteiger partial charge on any atom is -0.493 e. The molecule has 1 aliphatic rings. The molecule has 0 bridgehead atoms. The van der Waals surface area contributed by atoms with Gasteiger partial charge in [0.15, 0.2) is 17.3 Å². The topological polar surface area (TPSA) is 50.8 Å². The van der Waals surface area contributed by atoms with Crippen LogP contribution >= 0.6 is 11.6 Å². The molecular weight excluding hydrogens is 292 g/mol. The number of nitrogens with zero attached hydrogens (tertiary/aromatic N) is 1. The summed E-state index contributed by atoms with van der Waals surface area (Å²) in [5.41, 5.74) is 0.490. The first-order valence-corrected chi connectivity index (χ1v) is 7.41. The normalized spacial score (nSPS) is 15.8. The van der Waals surface area contributed by atoms with Gasteiger partial charge >= 0.3 is 0 Å². The second-order valence-electron chi connectivity index (χ2n) is 4.95. The van der Waals surface area contributed by atoms with Crippen LogP contribution in [0.2, 0.25) is 5.02 Å². The number of carbonyl (C=O) groups excluding carboxylic acids is 1. The van der Waals surface area contributed by atoms with Crippen LogP contribution in [0.15, 0.2) is 12.1 Å². The Hall–Kier alpha value is -1.30. The van der Waals surface area contributed by atoms with Crippen LogP contribution < -0.4 is 14.8 Å². The number of methoxy groups -OCH3 is 2. The number of ketones is 1. The Kier molecular flexibility index (Phi) is 5.85. The van der Waals surface area contributed by atoms with E-state index in [1.807, 2.05) is 0 Å². The molecule has 2 rings (SSSR count). The lowest BCUT2D eigenvalue weighted by molar-refractivity contribution is 0.0960. The van der Waals surface area contributed by atoms with Gasteiger partial charge in [-0.25, -0.2) is 0 Å². The van der Waals surface area contributed by atoms with Crippen LogP contribution in [0.3, 0.4) is 0 Å². The van der Waals surface area contributed by atoms with E-state index in [0.717, 1.165) is 32.7 Å². The van der Waals surface area contributed by atoms with E-state index < -0.39 is 0 Å². The van der Waals surface area contributed by atoms with Crippen LogP contribution in [0, 0.1) is 0 Å². The first-order chi connectivity index (χ1) is 10.2. The Balaban J connectivity index is 2.04. The second kappa shape index (κ2) is 7.64. The summed E-state index contributed by atoms with van der Waals surface area (Å²) in [6.07, 6.45) is 0.454. The van der Waals surface area contributed by atoms with Crippen LogP contribution in [0.25, 0.3) is 0 Å². The molecule has 1 heterocycles. The van der Waals surface area contributed by atoms with E-state index in [0.29, 0.717) is 28.5 Å². The molecule has 0 atom stereocenters. The number of hydrogen-bond acceptors (Lipinski definition) is 5. The third kappa shape index (κ3) is 4.09. The predicted octanol–water partition coefficient (Wildman–Crippen LogP) is 1.84. The number of Topliss-reactive ketones (excluding diaryl/α,β-unsaturated/α-hetero) is 1. The molecule has 0 saturated carbocycles. The zero-order valence-corrected chi connectivity index (χ0v) is 13.2. The number of hydrogen-bond donors (Lipinski definition) is 1. The van der Waals surface area contributed by atoms with Gasteiger partial charge in [-0.1, -0.05) is 11.6 Å². The lowest BCUT2D eigenvalue weighted by atomic mass is 10.1. The van der Waals surface area contributed by atoms with E-state index in [1.54, 1.807) is 26.4 Å². The summed E-state index contributed by atoms with van der Waals surface area (Å²) < 4.78 is 10.4. The highest BCUT2D eigenvalue weighted by atomic mass is 35.5. The molecule has 0 radical (unpaired) electrons. The maximum absolute atomic E-state index is 12.4. The highest BCUT2D eigenvalue weighted by Crippen LogP contribution is 2.33. The van der Waals surface area contributed by atoms with E-state index in [4.69, 9.17) is 21.1 Å². The summed E-state index contributed by atoms with van der Waals surface area (Å²) in [6, 6.07) is 3.28. The number of halogens is 1. The maximum atomic E-state index is 12.4. The Morgan fingerprint density at radius 3 is 2.48 bits per heavy atom. The van der Waals surface area contributed by atoms with Crippen LogP contribution in [-0.2, 0) is 0 Å². The molecule has 0 amide bonds. The average Bonchev–Trinajstić information content (AvgIpc) is 2.53. The van der Waals surface area contributed by atoms with Gasteiger partial charge in [0.1, 0.15) is 0 Å². The lowest BCUT2D eigenvalue weighted by Gasteiger charge is -2.26. The fraction of sp³-hybridized carbons (Fsp3) is 0.533. The highest BCUT2D eigenvalue weighted by molar-refractivity contribution is 6.34. The van der Waals surface area contributed by atoms with Crippen molar-refractivity contribution in [3.8, 4) is 11.5 Å². The van der Waals surface area contributed by atoms with Crippen molar-refractivity contribution in [2.75, 3.05) is 46.9 Å². The van der Waals surface area contributed by atoms with Gasteiger partial charge in [-0.05, 0) is 6.07 Å². The van der Waals surface area contributed by atoms with Gasteiger partial charge in [-0.15, -0.1) is 0 Å². The van der Waals surface area contributed by atoms with Crippen LogP contribution in [0.5, 0.6) is 11.5 Å². The van der Waals surface area contributed by atoms with E-state index in [1.165, 1.54) is 0 Å². The Bertz CT molecular complexity index is 502. The molecule has 1 fully saturated rings. The first kappa shape index (κ1) is 16.1. The Morgan fingerprint density at radius 2 is 1.86 bits per heavy atom. The van der Waals surface area contributed by atoms with Crippen molar-refractivity contribution in [2.45, 2.75) is 6.42 Å². The summed E-state index contributed by atoms with van der Waals surface area (Å²) in [6.45, 7) is 4.67. The molecular formula is C15H21ClN2O3. The van der Waals surface area contributed by atoms with Crippen LogP contribution in [0.4, 0.5) is 0 Å². The molecule has 1 aromatic rings. The number of carbonyl (C=O) groups is 1. The van der Waals surface area contributed by atoms with Crippen LogP contribution in [0.1, 0.15) is 16.8 Å². The van der Waals surface area contributed by atoms with Gasteiger partial charge in [0.05, 0.1) is 19.2 Å². The fourth-order valence-electron chi connectivity index (χ4n) is 2.40.